The van der Waals surface area contributed by atoms with Gasteiger partial charge < -0.3 is 15.4 Å². The lowest BCUT2D eigenvalue weighted by atomic mass is 10.1. The Labute approximate surface area is 167 Å². The van der Waals surface area contributed by atoms with Crippen molar-refractivity contribution >= 4 is 17.6 Å². The number of ether oxygens (including phenoxy) is 1. The number of hydrogen-bond donors (Lipinski definition) is 2. The molecule has 9 heteroatoms. The van der Waals surface area contributed by atoms with Gasteiger partial charge in [-0.3, -0.25) is 14.5 Å². The Kier molecular flexibility index (Phi) is 5.04. The fourth-order valence-electron chi connectivity index (χ4n) is 3.13. The van der Waals surface area contributed by atoms with Crippen LogP contribution in [0.5, 0.6) is 5.88 Å². The largest absolute Gasteiger partial charge is 0.473 e. The van der Waals surface area contributed by atoms with Crippen LogP contribution in [0.3, 0.4) is 0 Å². The maximum atomic E-state index is 13.8. The average Bonchev–Trinajstić information content (AvgIpc) is 3.48. The van der Waals surface area contributed by atoms with Gasteiger partial charge in [-0.25, -0.2) is 9.37 Å². The Hall–Kier alpha value is -3.23. The summed E-state index contributed by atoms with van der Waals surface area (Å²) in [5.74, 6) is 0.980. The van der Waals surface area contributed by atoms with Crippen LogP contribution in [-0.4, -0.2) is 39.2 Å². The zero-order valence-electron chi connectivity index (χ0n) is 16.4. The highest BCUT2D eigenvalue weighted by molar-refractivity contribution is 6.11. The van der Waals surface area contributed by atoms with Gasteiger partial charge in [0.2, 0.25) is 5.88 Å². The smallest absolute Gasteiger partial charge is 0.256 e. The lowest BCUT2D eigenvalue weighted by Gasteiger charge is -2.16. The third-order valence-corrected chi connectivity index (χ3v) is 4.96. The van der Waals surface area contributed by atoms with Crippen LogP contribution in [0.2, 0.25) is 0 Å². The van der Waals surface area contributed by atoms with E-state index in [2.05, 4.69) is 32.3 Å². The normalized spacial score (nSPS) is 19.8. The van der Waals surface area contributed by atoms with E-state index in [1.807, 2.05) is 0 Å². The van der Waals surface area contributed by atoms with Crippen molar-refractivity contribution < 1.29 is 13.9 Å². The number of rotatable bonds is 2. The van der Waals surface area contributed by atoms with Crippen molar-refractivity contribution in [3.8, 4) is 5.88 Å². The molecule has 2 aromatic rings. The molecule has 2 aliphatic rings. The second-order valence-electron chi connectivity index (χ2n) is 7.38. The topological polar surface area (TPSA) is 93.4 Å². The number of pyridine rings is 1. The van der Waals surface area contributed by atoms with Gasteiger partial charge >= 0.3 is 0 Å². The van der Waals surface area contributed by atoms with E-state index >= 15 is 0 Å². The van der Waals surface area contributed by atoms with Crippen molar-refractivity contribution in [1.82, 2.24) is 20.1 Å². The van der Waals surface area contributed by atoms with Crippen LogP contribution in [-0.2, 0) is 13.6 Å². The fraction of sp³-hybridized carbons (Fsp3) is 0.400. The highest BCUT2D eigenvalue weighted by atomic mass is 19.1. The first-order valence-electron chi connectivity index (χ1n) is 9.54. The molecule has 0 radical (unpaired) electrons. The Bertz CT molecular complexity index is 995. The number of carbonyl (C=O) groups is 1. The Morgan fingerprint density at radius 2 is 2.17 bits per heavy atom. The summed E-state index contributed by atoms with van der Waals surface area (Å²) in [4.78, 5) is 21.4. The number of anilines is 1. The molecular formula is C20H23FN6O2. The van der Waals surface area contributed by atoms with Crippen molar-refractivity contribution in [3.63, 3.8) is 0 Å². The summed E-state index contributed by atoms with van der Waals surface area (Å²) < 4.78 is 21.2. The minimum Gasteiger partial charge on any atom is -0.473 e. The molecule has 1 aliphatic carbocycles. The third kappa shape index (κ3) is 4.13. The number of nitrogens with zero attached hydrogens (tertiary/aromatic N) is 4. The van der Waals surface area contributed by atoms with Crippen LogP contribution in [0, 0.1) is 11.7 Å². The van der Waals surface area contributed by atoms with E-state index in [4.69, 9.17) is 4.74 Å². The molecule has 152 valence electrons. The number of hydrogen-bond acceptors (Lipinski definition) is 6. The number of halogens is 1. The van der Waals surface area contributed by atoms with E-state index < -0.39 is 5.82 Å². The van der Waals surface area contributed by atoms with Gasteiger partial charge in [0.25, 0.3) is 5.91 Å². The van der Waals surface area contributed by atoms with Crippen LogP contribution >= 0.6 is 0 Å². The number of carbonyl (C=O) groups excluding carboxylic acids is 1. The molecule has 2 N–H and O–H groups in total. The molecule has 1 atom stereocenters. The van der Waals surface area contributed by atoms with E-state index in [9.17, 15) is 9.18 Å². The Morgan fingerprint density at radius 3 is 2.93 bits per heavy atom. The number of amidine groups is 1. The molecule has 3 heterocycles. The standard InChI is InChI=1S/C20H23FN6O2/c1-11-7-23-19(28)16-10-25-27(3)18(16)26-17(12(2)13-4-5-13)22-8-14-6-15(21)9-24-20(14)29-11/h6,9-11,13H,2,4-5,7-8H2,1,3H3,(H,22,26)(H,23,28)/t11-/m0/s1. The molecule has 1 saturated carbocycles. The van der Waals surface area contributed by atoms with Gasteiger partial charge in [0.05, 0.1) is 25.5 Å². The highest BCUT2D eigenvalue weighted by Gasteiger charge is 2.29. The molecule has 1 amide bonds. The fourth-order valence-corrected chi connectivity index (χ4v) is 3.13. The van der Waals surface area contributed by atoms with Crippen LogP contribution < -0.4 is 15.4 Å². The van der Waals surface area contributed by atoms with Crippen molar-refractivity contribution in [2.45, 2.75) is 32.4 Å². The monoisotopic (exact) mass is 398 g/mol. The van der Waals surface area contributed by atoms with Crippen LogP contribution in [0.15, 0.2) is 35.6 Å². The molecule has 8 nitrogen and oxygen atoms in total. The number of aliphatic imine (C=N–C) groups is 1. The third-order valence-electron chi connectivity index (χ3n) is 4.96. The Morgan fingerprint density at radius 1 is 1.38 bits per heavy atom. The van der Waals surface area contributed by atoms with Gasteiger partial charge in [-0.15, -0.1) is 0 Å². The molecule has 1 fully saturated rings. The van der Waals surface area contributed by atoms with Gasteiger partial charge in [-0.2, -0.15) is 5.10 Å². The maximum Gasteiger partial charge on any atom is 0.256 e. The van der Waals surface area contributed by atoms with E-state index in [0.717, 1.165) is 24.6 Å². The lowest BCUT2D eigenvalue weighted by molar-refractivity contribution is 0.0931. The van der Waals surface area contributed by atoms with Gasteiger partial charge in [-0.05, 0) is 37.3 Å². The maximum absolute atomic E-state index is 13.8. The summed E-state index contributed by atoms with van der Waals surface area (Å²) in [6.45, 7) is 6.40. The molecule has 0 bridgehead atoms. The zero-order valence-corrected chi connectivity index (χ0v) is 16.4. The van der Waals surface area contributed by atoms with Crippen molar-refractivity contribution in [3.05, 3.63) is 47.6 Å². The first-order valence-corrected chi connectivity index (χ1v) is 9.54. The van der Waals surface area contributed by atoms with Crippen molar-refractivity contribution in [2.24, 2.45) is 18.0 Å². The molecule has 0 saturated heterocycles. The second kappa shape index (κ2) is 7.65. The number of amides is 1. The number of aromatic nitrogens is 3. The number of nitrogens with one attached hydrogen (secondary N) is 2. The minimum atomic E-state index is -0.461. The van der Waals surface area contributed by atoms with Crippen molar-refractivity contribution in [2.75, 3.05) is 11.9 Å². The minimum absolute atomic E-state index is 0.162. The Balaban J connectivity index is 1.77. The van der Waals surface area contributed by atoms with Crippen LogP contribution in [0.25, 0.3) is 0 Å². The molecule has 2 aromatic heterocycles. The molecule has 4 rings (SSSR count). The zero-order chi connectivity index (χ0) is 20.5. The molecule has 0 spiro atoms. The lowest BCUT2D eigenvalue weighted by Crippen LogP contribution is -2.34. The first kappa shape index (κ1) is 19.1. The molecule has 1 aliphatic heterocycles. The summed E-state index contributed by atoms with van der Waals surface area (Å²) in [6.07, 6.45) is 4.34. The van der Waals surface area contributed by atoms with Gasteiger partial charge in [-0.1, -0.05) is 6.58 Å². The number of aryl methyl sites for hydroxylation is 1. The van der Waals surface area contributed by atoms with E-state index in [1.165, 1.54) is 12.3 Å². The molecule has 0 unspecified atom stereocenters. The first-order chi connectivity index (χ1) is 13.9. The molecule has 0 aromatic carbocycles. The van der Waals surface area contributed by atoms with Gasteiger partial charge in [0, 0.05) is 12.6 Å². The van der Waals surface area contributed by atoms with E-state index in [1.54, 1.807) is 18.7 Å². The second-order valence-corrected chi connectivity index (χ2v) is 7.38. The summed E-state index contributed by atoms with van der Waals surface area (Å²) in [5, 5.41) is 10.3. The highest BCUT2D eigenvalue weighted by Crippen LogP contribution is 2.36. The van der Waals surface area contributed by atoms with Gasteiger partial charge in [0.1, 0.15) is 29.1 Å². The predicted molar refractivity (Wildman–Crippen MR) is 106 cm³/mol. The molecular weight excluding hydrogens is 375 g/mol. The molecule has 29 heavy (non-hydrogen) atoms. The summed E-state index contributed by atoms with van der Waals surface area (Å²) in [7, 11) is 1.75. The predicted octanol–water partition coefficient (Wildman–Crippen LogP) is 2.44. The quantitative estimate of drug-likeness (QED) is 0.811. The van der Waals surface area contributed by atoms with E-state index in [0.29, 0.717) is 34.6 Å². The average molecular weight is 398 g/mol. The summed E-state index contributed by atoms with van der Waals surface area (Å²) in [5.41, 5.74) is 1.78. The van der Waals surface area contributed by atoms with Crippen LogP contribution in [0.1, 0.15) is 35.7 Å². The number of fused-ring (bicyclic) bond motifs is 2. The van der Waals surface area contributed by atoms with E-state index in [-0.39, 0.29) is 25.1 Å². The summed E-state index contributed by atoms with van der Waals surface area (Å²) in [6, 6.07) is 1.36. The SMILES string of the molecule is C=C(C1=NCc2cc(F)cnc2O[C@@H](C)CNC(=O)c2cnn(C)c2N1)C1CC1. The summed E-state index contributed by atoms with van der Waals surface area (Å²) >= 11 is 0. The van der Waals surface area contributed by atoms with Crippen molar-refractivity contribution in [1.29, 1.82) is 0 Å². The van der Waals surface area contributed by atoms with Gasteiger partial charge in [0.15, 0.2) is 0 Å². The van der Waals surface area contributed by atoms with Crippen LogP contribution in [0.4, 0.5) is 10.2 Å².